The largest absolute Gasteiger partial charge is 1.00 e. The van der Waals surface area contributed by atoms with Crippen molar-refractivity contribution >= 4 is 57.6 Å². The molecule has 58 heavy (non-hydrogen) atoms. The van der Waals surface area contributed by atoms with Crippen LogP contribution < -0.4 is 90.6 Å². The average Bonchev–Trinajstić information content (AvgIpc) is 3.13. The Morgan fingerprint density at radius 2 is 1.33 bits per heavy atom. The summed E-state index contributed by atoms with van der Waals surface area (Å²) in [5.74, 6) is -5.17. The van der Waals surface area contributed by atoms with Crippen molar-refractivity contribution in [2.45, 2.75) is 0 Å². The first-order chi connectivity index (χ1) is 27.0. The van der Waals surface area contributed by atoms with E-state index in [0.29, 0.717) is 16.9 Å². The van der Waals surface area contributed by atoms with Gasteiger partial charge in [0.2, 0.25) is 5.36 Å². The molecule has 3 aromatic carbocycles. The molecule has 18 nitrogen and oxygen atoms in total. The first kappa shape index (κ1) is 45.0. The van der Waals surface area contributed by atoms with Gasteiger partial charge < -0.3 is 55.2 Å². The summed E-state index contributed by atoms with van der Waals surface area (Å²) in [4.78, 5) is 61.6. The number of nitro groups is 1. The molecular weight excluding hydrogens is 786 g/mol. The Morgan fingerprint density at radius 1 is 0.759 bits per heavy atom. The molecule has 19 heteroatoms. The number of hydrogen-bond acceptors (Lipinski definition) is 13. The van der Waals surface area contributed by atoms with E-state index in [0.717, 1.165) is 49.5 Å². The van der Waals surface area contributed by atoms with Crippen molar-refractivity contribution in [1.82, 2.24) is 4.58 Å². The van der Waals surface area contributed by atoms with Crippen LogP contribution in [0.3, 0.4) is 0 Å². The van der Waals surface area contributed by atoms with E-state index < -0.39 is 60.7 Å². The van der Waals surface area contributed by atoms with E-state index in [-0.39, 0.29) is 88.9 Å². The molecule has 0 saturated carbocycles. The van der Waals surface area contributed by atoms with Crippen molar-refractivity contribution in [1.29, 1.82) is 0 Å². The van der Waals surface area contributed by atoms with Crippen LogP contribution in [0.4, 0.5) is 22.7 Å². The van der Waals surface area contributed by atoms with E-state index in [1.807, 2.05) is 74.1 Å². The third-order valence-electron chi connectivity index (χ3n) is 8.70. The van der Waals surface area contributed by atoms with Crippen LogP contribution >= 0.6 is 0 Å². The van der Waals surface area contributed by atoms with Crippen LogP contribution in [-0.4, -0.2) is 112 Å². The number of non-ortho nitro benzene ring substituents is 1. The van der Waals surface area contributed by atoms with Crippen LogP contribution in [0.15, 0.2) is 77.2 Å². The number of carbonyl (C=O) groups is 4. The van der Waals surface area contributed by atoms with E-state index in [1.165, 1.54) is 12.1 Å². The van der Waals surface area contributed by atoms with Crippen molar-refractivity contribution in [3.8, 4) is 33.9 Å². The summed E-state index contributed by atoms with van der Waals surface area (Å²) >= 11 is 0. The van der Waals surface area contributed by atoms with Crippen molar-refractivity contribution in [2.24, 2.45) is 0 Å². The molecule has 1 heterocycles. The van der Waals surface area contributed by atoms with Gasteiger partial charge in [0.15, 0.2) is 0 Å². The summed E-state index contributed by atoms with van der Waals surface area (Å²) in [6.07, 6.45) is 0. The van der Waals surface area contributed by atoms with Crippen LogP contribution in [0.2, 0.25) is 0 Å². The Hall–Kier alpha value is -5.73. The normalized spacial score (nSPS) is 10.7. The first-order valence-electron chi connectivity index (χ1n) is 17.2. The van der Waals surface area contributed by atoms with Crippen LogP contribution in [0, 0.1) is 10.1 Å². The predicted molar refractivity (Wildman–Crippen MR) is 207 cm³/mol. The van der Waals surface area contributed by atoms with E-state index in [2.05, 4.69) is 0 Å². The van der Waals surface area contributed by atoms with Gasteiger partial charge >= 0.3 is 69.3 Å². The standard InChI is InChI=1S/C39H39N5O13.K.H/c1-40(2)24-6-9-27-31(16-24)57-32-17-25(41(3)4)7-10-28(32)39(27)23-5-11-29(42(19-35(45)46)20-36(47)48)33(15-23)55-13-14-56-34-18-26(44(53)54)8-12-30(34)43(21-37(49)50)22-38(51)52;;/h5-12,15-18H,13-14,19-22H2,1-4H3,(H3-,45,46,47,48,49,50,51,52);;/q;+1;-1. The fraction of sp³-hybridized carbons (Fsp3) is 0.256. The quantitative estimate of drug-likeness (QED) is 0.0250. The van der Waals surface area contributed by atoms with Gasteiger partial charge in [-0.3, -0.25) is 24.5 Å². The third-order valence-corrected chi connectivity index (χ3v) is 8.70. The molecule has 1 aliphatic carbocycles. The summed E-state index contributed by atoms with van der Waals surface area (Å²) in [7, 11) is 7.60. The number of aliphatic carboxylic acids is 4. The second-order valence-electron chi connectivity index (χ2n) is 13.2. The molecule has 0 saturated heterocycles. The number of nitro benzene ring substituents is 1. The first-order valence-corrected chi connectivity index (χ1v) is 17.2. The number of rotatable bonds is 18. The molecular formula is C39H40KN5O13. The number of carboxylic acid groups (broad SMARTS) is 4. The fourth-order valence-corrected chi connectivity index (χ4v) is 6.18. The number of ether oxygens (including phenoxy) is 2. The summed E-state index contributed by atoms with van der Waals surface area (Å²) in [6, 6.07) is 19.6. The number of anilines is 3. The van der Waals surface area contributed by atoms with Crippen LogP contribution in [0.5, 0.6) is 11.5 Å². The average molecular weight is 826 g/mol. The van der Waals surface area contributed by atoms with Gasteiger partial charge in [0.05, 0.1) is 40.9 Å². The van der Waals surface area contributed by atoms with Gasteiger partial charge in [0.25, 0.3) is 5.69 Å². The Bertz CT molecular complexity index is 2390. The summed E-state index contributed by atoms with van der Waals surface area (Å²) < 4.78 is 20.3. The zero-order chi connectivity index (χ0) is 41.6. The molecule has 3 aromatic rings. The molecule has 2 aliphatic rings. The molecule has 0 radical (unpaired) electrons. The Balaban J connectivity index is 0.00000465. The summed E-state index contributed by atoms with van der Waals surface area (Å²) in [6.45, 7) is -3.66. The third kappa shape index (κ3) is 11.0. The maximum absolute atomic E-state index is 11.9. The van der Waals surface area contributed by atoms with Crippen molar-refractivity contribution < 1.29 is 111 Å². The SMILES string of the molecule is CN(C)c1ccc2c(-c3ccc(N(CC(=O)[O-])CC(=O)O)c(OCCOc4cc([N+](=O)[O-])ccc4N(CC(=O)O)CC(=O)O)c3)c3ccc(=[N+](C)C)cc-3oc2c1.[H-].[K+]. The smallest absolute Gasteiger partial charge is 1.00 e. The van der Waals surface area contributed by atoms with Gasteiger partial charge in [0.1, 0.15) is 69.8 Å². The molecule has 0 amide bonds. The van der Waals surface area contributed by atoms with Crippen molar-refractivity contribution in [2.75, 3.05) is 82.3 Å². The number of nitrogens with zero attached hydrogens (tertiary/aromatic N) is 5. The van der Waals surface area contributed by atoms with Crippen LogP contribution in [0.1, 0.15) is 1.43 Å². The van der Waals surface area contributed by atoms with E-state index in [9.17, 15) is 49.7 Å². The molecule has 5 rings (SSSR count). The number of carbonyl (C=O) groups excluding carboxylic acids is 1. The van der Waals surface area contributed by atoms with Gasteiger partial charge in [0, 0.05) is 54.5 Å². The minimum absolute atomic E-state index is 0. The second-order valence-corrected chi connectivity index (χ2v) is 13.2. The Kier molecular flexibility index (Phi) is 15.2. The maximum Gasteiger partial charge on any atom is 1.00 e. The Labute approximate surface area is 375 Å². The van der Waals surface area contributed by atoms with Gasteiger partial charge in [-0.2, -0.15) is 0 Å². The topological polar surface area (TPSA) is 240 Å². The minimum atomic E-state index is -1.55. The van der Waals surface area contributed by atoms with Crippen LogP contribution in [0.25, 0.3) is 33.4 Å². The molecule has 0 aromatic heterocycles. The molecule has 0 atom stereocenters. The monoisotopic (exact) mass is 825 g/mol. The van der Waals surface area contributed by atoms with E-state index >= 15 is 0 Å². The molecule has 1 aliphatic heterocycles. The van der Waals surface area contributed by atoms with Crippen molar-refractivity contribution in [3.63, 3.8) is 0 Å². The van der Waals surface area contributed by atoms with Crippen molar-refractivity contribution in [3.05, 3.63) is 88.3 Å². The maximum atomic E-state index is 11.9. The van der Waals surface area contributed by atoms with Gasteiger partial charge in [-0.15, -0.1) is 0 Å². The number of hydrogen-bond donors (Lipinski definition) is 3. The van der Waals surface area contributed by atoms with Gasteiger partial charge in [-0.05, 0) is 42.0 Å². The Morgan fingerprint density at radius 3 is 1.86 bits per heavy atom. The second kappa shape index (κ2) is 19.6. The molecule has 0 bridgehead atoms. The molecule has 0 fully saturated rings. The number of carboxylic acids is 4. The zero-order valence-corrected chi connectivity index (χ0v) is 35.5. The molecule has 0 unspecified atom stereocenters. The number of benzene rings is 4. The predicted octanol–water partition coefficient (Wildman–Crippen LogP) is -0.599. The van der Waals surface area contributed by atoms with E-state index in [4.69, 9.17) is 13.9 Å². The van der Waals surface area contributed by atoms with Gasteiger partial charge in [-0.25, -0.2) is 4.58 Å². The zero-order valence-electron chi connectivity index (χ0n) is 33.3. The van der Waals surface area contributed by atoms with E-state index in [1.54, 1.807) is 12.1 Å². The van der Waals surface area contributed by atoms with Crippen LogP contribution in [-0.2, 0) is 19.2 Å². The minimum Gasteiger partial charge on any atom is -1.00 e. The summed E-state index contributed by atoms with van der Waals surface area (Å²) in [5, 5.41) is 53.4. The molecule has 3 N–H and O–H groups in total. The molecule has 300 valence electrons. The fourth-order valence-electron chi connectivity index (χ4n) is 6.18. The number of fused-ring (bicyclic) bond motifs is 2. The van der Waals surface area contributed by atoms with Gasteiger partial charge in [-0.1, -0.05) is 6.07 Å². The molecule has 0 spiro atoms. The summed E-state index contributed by atoms with van der Waals surface area (Å²) in [5.41, 5.74) is 3.15.